The molecule has 0 atom stereocenters. The number of phenols is 1. The molecule has 0 heterocycles. The molecular formula is C18H15BrN2O3. The molecule has 0 unspecified atom stereocenters. The van der Waals surface area contributed by atoms with Crippen LogP contribution in [0, 0.1) is 18.3 Å². The van der Waals surface area contributed by atoms with E-state index in [1.165, 1.54) is 19.3 Å². The van der Waals surface area contributed by atoms with E-state index >= 15 is 0 Å². The van der Waals surface area contributed by atoms with Crippen molar-refractivity contribution in [2.45, 2.75) is 6.92 Å². The molecule has 2 N–H and O–H groups in total. The second-order valence-corrected chi connectivity index (χ2v) is 5.89. The molecule has 0 aromatic heterocycles. The summed E-state index contributed by atoms with van der Waals surface area (Å²) in [5.74, 6) is -0.312. The fraction of sp³-hybridized carbons (Fsp3) is 0.111. The molecule has 2 aromatic rings. The number of aromatic hydroxyl groups is 1. The highest BCUT2D eigenvalue weighted by molar-refractivity contribution is 9.10. The Labute approximate surface area is 148 Å². The first-order chi connectivity index (χ1) is 11.4. The van der Waals surface area contributed by atoms with Crippen molar-refractivity contribution in [2.75, 3.05) is 12.4 Å². The van der Waals surface area contributed by atoms with Gasteiger partial charge in [0.1, 0.15) is 11.6 Å². The fourth-order valence-electron chi connectivity index (χ4n) is 1.97. The number of ether oxygens (including phenoxy) is 1. The molecule has 1 amide bonds. The Bertz CT molecular complexity index is 837. The van der Waals surface area contributed by atoms with Gasteiger partial charge < -0.3 is 15.2 Å². The maximum atomic E-state index is 12.2. The van der Waals surface area contributed by atoms with E-state index in [0.717, 1.165) is 5.56 Å². The summed E-state index contributed by atoms with van der Waals surface area (Å²) in [6, 6.07) is 12.1. The van der Waals surface area contributed by atoms with E-state index in [9.17, 15) is 15.2 Å². The molecule has 0 aliphatic heterocycles. The predicted molar refractivity (Wildman–Crippen MR) is 95.8 cm³/mol. The number of hydrogen-bond donors (Lipinski definition) is 2. The van der Waals surface area contributed by atoms with E-state index in [2.05, 4.69) is 21.2 Å². The summed E-state index contributed by atoms with van der Waals surface area (Å²) in [5, 5.41) is 21.8. The Morgan fingerprint density at radius 1 is 1.33 bits per heavy atom. The smallest absolute Gasteiger partial charge is 0.266 e. The quantitative estimate of drug-likeness (QED) is 0.613. The average Bonchev–Trinajstić information content (AvgIpc) is 2.57. The number of hydrogen-bond acceptors (Lipinski definition) is 4. The summed E-state index contributed by atoms with van der Waals surface area (Å²) >= 11 is 3.33. The number of rotatable bonds is 4. The highest BCUT2D eigenvalue weighted by Gasteiger charge is 2.12. The fourth-order valence-corrected chi connectivity index (χ4v) is 2.41. The first-order valence-electron chi connectivity index (χ1n) is 7.01. The van der Waals surface area contributed by atoms with Crippen molar-refractivity contribution in [3.05, 3.63) is 57.6 Å². The van der Waals surface area contributed by atoms with Crippen LogP contribution in [0.15, 0.2) is 46.4 Å². The molecule has 0 fully saturated rings. The lowest BCUT2D eigenvalue weighted by atomic mass is 10.1. The predicted octanol–water partition coefficient (Wildman–Crippen LogP) is 4.02. The zero-order valence-corrected chi connectivity index (χ0v) is 14.7. The Balaban J connectivity index is 2.29. The summed E-state index contributed by atoms with van der Waals surface area (Å²) in [4.78, 5) is 12.2. The van der Waals surface area contributed by atoms with E-state index in [0.29, 0.717) is 21.5 Å². The average molecular weight is 387 g/mol. The van der Waals surface area contributed by atoms with Crippen molar-refractivity contribution in [1.82, 2.24) is 0 Å². The largest absolute Gasteiger partial charge is 0.504 e. The minimum atomic E-state index is -0.524. The van der Waals surface area contributed by atoms with Crippen LogP contribution in [0.25, 0.3) is 6.08 Å². The monoisotopic (exact) mass is 386 g/mol. The van der Waals surface area contributed by atoms with E-state index in [1.807, 2.05) is 25.1 Å². The van der Waals surface area contributed by atoms with Gasteiger partial charge in [-0.25, -0.2) is 0 Å². The minimum Gasteiger partial charge on any atom is -0.504 e. The Morgan fingerprint density at radius 2 is 2.00 bits per heavy atom. The van der Waals surface area contributed by atoms with Crippen molar-refractivity contribution in [3.63, 3.8) is 0 Å². The molecule has 0 spiro atoms. The van der Waals surface area contributed by atoms with E-state index in [-0.39, 0.29) is 11.3 Å². The molecule has 2 rings (SSSR count). The molecule has 24 heavy (non-hydrogen) atoms. The van der Waals surface area contributed by atoms with E-state index in [1.54, 1.807) is 18.2 Å². The van der Waals surface area contributed by atoms with Gasteiger partial charge in [0.25, 0.3) is 5.91 Å². The number of anilines is 1. The number of carbonyl (C=O) groups excluding carboxylic acids is 1. The van der Waals surface area contributed by atoms with Gasteiger partial charge in [-0.3, -0.25) is 4.79 Å². The van der Waals surface area contributed by atoms with Crippen LogP contribution in [-0.2, 0) is 4.79 Å². The van der Waals surface area contributed by atoms with Crippen molar-refractivity contribution < 1.29 is 14.6 Å². The lowest BCUT2D eigenvalue weighted by Gasteiger charge is -2.08. The van der Waals surface area contributed by atoms with E-state index in [4.69, 9.17) is 4.74 Å². The van der Waals surface area contributed by atoms with Crippen molar-refractivity contribution >= 4 is 33.6 Å². The second kappa shape index (κ2) is 7.66. The third kappa shape index (κ3) is 4.15. The van der Waals surface area contributed by atoms with E-state index < -0.39 is 5.91 Å². The van der Waals surface area contributed by atoms with Crippen LogP contribution < -0.4 is 10.1 Å². The van der Waals surface area contributed by atoms with Crippen molar-refractivity contribution in [3.8, 4) is 17.6 Å². The van der Waals surface area contributed by atoms with Gasteiger partial charge >= 0.3 is 0 Å². The SMILES string of the molecule is COc1cc(Br)c(/C=C(\C#N)C(=O)Nc2ccc(C)cc2)cc1O. The number of nitriles is 1. The van der Waals surface area contributed by atoms with Crippen molar-refractivity contribution in [2.24, 2.45) is 0 Å². The number of benzene rings is 2. The van der Waals surface area contributed by atoms with Crippen LogP contribution in [-0.4, -0.2) is 18.1 Å². The number of methoxy groups -OCH3 is 1. The molecule has 0 saturated heterocycles. The van der Waals surface area contributed by atoms with Crippen molar-refractivity contribution in [1.29, 1.82) is 5.26 Å². The van der Waals surface area contributed by atoms with Gasteiger partial charge in [-0.05, 0) is 42.8 Å². The summed E-state index contributed by atoms with van der Waals surface area (Å²) in [7, 11) is 1.44. The number of aryl methyl sites for hydroxylation is 1. The maximum absolute atomic E-state index is 12.2. The number of carbonyl (C=O) groups is 1. The van der Waals surface area contributed by atoms with Crippen LogP contribution in [0.2, 0.25) is 0 Å². The topological polar surface area (TPSA) is 82.3 Å². The number of halogens is 1. The highest BCUT2D eigenvalue weighted by atomic mass is 79.9. The Morgan fingerprint density at radius 3 is 2.58 bits per heavy atom. The number of nitrogens with zero attached hydrogens (tertiary/aromatic N) is 1. The van der Waals surface area contributed by atoms with Gasteiger partial charge in [0.05, 0.1) is 7.11 Å². The minimum absolute atomic E-state index is 0.0804. The second-order valence-electron chi connectivity index (χ2n) is 5.04. The summed E-state index contributed by atoms with van der Waals surface area (Å²) in [6.07, 6.45) is 1.40. The standard InChI is InChI=1S/C18H15BrN2O3/c1-11-3-5-14(6-4-11)21-18(23)13(10-20)7-12-8-16(22)17(24-2)9-15(12)19/h3-9,22H,1-2H3,(H,21,23)/b13-7+. The van der Waals surface area contributed by atoms with Gasteiger partial charge in [0.15, 0.2) is 11.5 Å². The van der Waals surface area contributed by atoms with Gasteiger partial charge in [0, 0.05) is 10.2 Å². The van der Waals surface area contributed by atoms with Crippen LogP contribution >= 0.6 is 15.9 Å². The van der Waals surface area contributed by atoms with Crippen LogP contribution in [0.1, 0.15) is 11.1 Å². The summed E-state index contributed by atoms with van der Waals surface area (Å²) in [5.41, 5.74) is 2.08. The molecule has 2 aromatic carbocycles. The normalized spacial score (nSPS) is 10.8. The molecule has 6 heteroatoms. The number of amides is 1. The molecule has 5 nitrogen and oxygen atoms in total. The highest BCUT2D eigenvalue weighted by Crippen LogP contribution is 2.33. The molecule has 0 bridgehead atoms. The summed E-state index contributed by atoms with van der Waals surface area (Å²) < 4.78 is 5.59. The molecule has 0 aliphatic carbocycles. The van der Waals surface area contributed by atoms with Gasteiger partial charge in [0.2, 0.25) is 0 Å². The number of nitrogens with one attached hydrogen (secondary N) is 1. The number of phenolic OH excluding ortho intramolecular Hbond substituents is 1. The lowest BCUT2D eigenvalue weighted by Crippen LogP contribution is -2.13. The molecule has 0 saturated carbocycles. The molecule has 0 radical (unpaired) electrons. The third-order valence-electron chi connectivity index (χ3n) is 3.27. The summed E-state index contributed by atoms with van der Waals surface area (Å²) in [6.45, 7) is 1.94. The lowest BCUT2D eigenvalue weighted by molar-refractivity contribution is -0.112. The van der Waals surface area contributed by atoms with Gasteiger partial charge in [-0.2, -0.15) is 5.26 Å². The zero-order chi connectivity index (χ0) is 17.7. The molecule has 122 valence electrons. The first-order valence-corrected chi connectivity index (χ1v) is 7.80. The zero-order valence-electron chi connectivity index (χ0n) is 13.1. The molecular weight excluding hydrogens is 372 g/mol. The van der Waals surface area contributed by atoms with Gasteiger partial charge in [-0.15, -0.1) is 0 Å². The van der Waals surface area contributed by atoms with Crippen LogP contribution in [0.3, 0.4) is 0 Å². The Hall–Kier alpha value is -2.78. The maximum Gasteiger partial charge on any atom is 0.266 e. The Kier molecular flexibility index (Phi) is 5.61. The molecule has 0 aliphatic rings. The van der Waals surface area contributed by atoms with Crippen LogP contribution in [0.5, 0.6) is 11.5 Å². The van der Waals surface area contributed by atoms with Gasteiger partial charge in [-0.1, -0.05) is 33.6 Å². The first kappa shape index (κ1) is 17.6. The van der Waals surface area contributed by atoms with Crippen LogP contribution in [0.4, 0.5) is 5.69 Å². The third-order valence-corrected chi connectivity index (χ3v) is 3.96.